The highest BCUT2D eigenvalue weighted by Crippen LogP contribution is 2.34. The Balaban J connectivity index is 1.52. The first-order valence-corrected chi connectivity index (χ1v) is 7.87. The molecule has 0 unspecified atom stereocenters. The summed E-state index contributed by atoms with van der Waals surface area (Å²) in [7, 11) is 0. The maximum Gasteiger partial charge on any atom is 0.231 e. The predicted molar refractivity (Wildman–Crippen MR) is 86.1 cm³/mol. The lowest BCUT2D eigenvalue weighted by Gasteiger charge is -2.05. The number of hydrogen-bond donors (Lipinski definition) is 0. The lowest BCUT2D eigenvalue weighted by molar-refractivity contribution is 0.174. The van der Waals surface area contributed by atoms with Crippen LogP contribution in [0.1, 0.15) is 5.56 Å². The Bertz CT molecular complexity index is 798. The van der Waals surface area contributed by atoms with Crippen LogP contribution in [0.2, 0.25) is 0 Å². The second-order valence-corrected chi connectivity index (χ2v) is 6.03. The molecule has 0 aliphatic carbocycles. The van der Waals surface area contributed by atoms with E-state index in [1.165, 1.54) is 21.2 Å². The van der Waals surface area contributed by atoms with Crippen molar-refractivity contribution < 1.29 is 9.47 Å². The maximum absolute atomic E-state index is 5.42. The van der Waals surface area contributed by atoms with Crippen molar-refractivity contribution >= 4 is 22.5 Å². The molecule has 4 rings (SSSR count). The van der Waals surface area contributed by atoms with Crippen LogP contribution in [-0.4, -0.2) is 6.79 Å². The van der Waals surface area contributed by atoms with E-state index in [0.717, 1.165) is 17.3 Å². The van der Waals surface area contributed by atoms with Crippen LogP contribution in [0.4, 0.5) is 0 Å². The number of thioether (sulfide) groups is 1. The Morgan fingerprint density at radius 1 is 0.810 bits per heavy atom. The summed E-state index contributed by atoms with van der Waals surface area (Å²) >= 11 is 1.84. The normalized spacial score (nSPS) is 12.8. The molecule has 0 N–H and O–H groups in total. The summed E-state index contributed by atoms with van der Waals surface area (Å²) in [6.45, 7) is 0.330. The Kier molecular flexibility index (Phi) is 3.20. The average Bonchev–Trinajstić information content (AvgIpc) is 3.00. The third-order valence-electron chi connectivity index (χ3n) is 3.56. The topological polar surface area (TPSA) is 18.5 Å². The van der Waals surface area contributed by atoms with Gasteiger partial charge in [-0.1, -0.05) is 36.4 Å². The largest absolute Gasteiger partial charge is 0.454 e. The molecule has 1 aliphatic rings. The lowest BCUT2D eigenvalue weighted by atomic mass is 10.1. The van der Waals surface area contributed by atoms with E-state index in [1.807, 2.05) is 17.8 Å². The minimum Gasteiger partial charge on any atom is -0.454 e. The van der Waals surface area contributed by atoms with Gasteiger partial charge in [-0.2, -0.15) is 0 Å². The maximum atomic E-state index is 5.42. The van der Waals surface area contributed by atoms with Crippen molar-refractivity contribution in [2.45, 2.75) is 10.6 Å². The van der Waals surface area contributed by atoms with Gasteiger partial charge in [-0.15, -0.1) is 11.8 Å². The fraction of sp³-hybridized carbons (Fsp3) is 0.111. The predicted octanol–water partition coefficient (Wildman–Crippen LogP) is 4.86. The first-order chi connectivity index (χ1) is 10.4. The van der Waals surface area contributed by atoms with Gasteiger partial charge in [0.05, 0.1) is 0 Å². The molecular formula is C18H14O2S. The molecule has 3 aromatic carbocycles. The molecule has 1 aliphatic heterocycles. The lowest BCUT2D eigenvalue weighted by Crippen LogP contribution is -1.92. The van der Waals surface area contributed by atoms with Crippen LogP contribution in [0.25, 0.3) is 10.8 Å². The minimum absolute atomic E-state index is 0.330. The number of ether oxygens (including phenoxy) is 2. The zero-order valence-corrected chi connectivity index (χ0v) is 12.2. The van der Waals surface area contributed by atoms with Crippen LogP contribution in [0.15, 0.2) is 65.6 Å². The quantitative estimate of drug-likeness (QED) is 0.643. The standard InChI is InChI=1S/C18H14O2S/c1-2-4-15-10-16(7-6-14(15)3-1)21-11-13-5-8-17-18(9-13)20-12-19-17/h1-10H,11-12H2. The monoisotopic (exact) mass is 294 g/mol. The molecule has 104 valence electrons. The molecule has 0 saturated carbocycles. The van der Waals surface area contributed by atoms with Crippen molar-refractivity contribution in [3.8, 4) is 11.5 Å². The Labute approximate surface area is 127 Å². The minimum atomic E-state index is 0.330. The van der Waals surface area contributed by atoms with Crippen LogP contribution in [0.5, 0.6) is 11.5 Å². The van der Waals surface area contributed by atoms with E-state index in [1.54, 1.807) is 0 Å². The molecule has 0 fully saturated rings. The van der Waals surface area contributed by atoms with Crippen LogP contribution >= 0.6 is 11.8 Å². The number of rotatable bonds is 3. The third-order valence-corrected chi connectivity index (χ3v) is 4.63. The van der Waals surface area contributed by atoms with Crippen molar-refractivity contribution in [3.05, 3.63) is 66.2 Å². The van der Waals surface area contributed by atoms with Crippen molar-refractivity contribution in [1.82, 2.24) is 0 Å². The summed E-state index contributed by atoms with van der Waals surface area (Å²) in [5, 5.41) is 2.57. The zero-order valence-electron chi connectivity index (χ0n) is 11.4. The first-order valence-electron chi connectivity index (χ1n) is 6.89. The summed E-state index contributed by atoms with van der Waals surface area (Å²) in [4.78, 5) is 1.28. The molecule has 0 amide bonds. The Morgan fingerprint density at radius 2 is 1.67 bits per heavy atom. The summed E-state index contributed by atoms with van der Waals surface area (Å²) in [6.07, 6.45) is 0. The van der Waals surface area contributed by atoms with Gasteiger partial charge < -0.3 is 9.47 Å². The van der Waals surface area contributed by atoms with Crippen LogP contribution < -0.4 is 9.47 Å². The summed E-state index contributed by atoms with van der Waals surface area (Å²) in [5.41, 5.74) is 1.25. The summed E-state index contributed by atoms with van der Waals surface area (Å²) in [6, 6.07) is 21.2. The fourth-order valence-electron chi connectivity index (χ4n) is 2.45. The van der Waals surface area contributed by atoms with Gasteiger partial charge in [-0.3, -0.25) is 0 Å². The van der Waals surface area contributed by atoms with Gasteiger partial charge in [0.2, 0.25) is 6.79 Å². The molecule has 1 heterocycles. The Hall–Kier alpha value is -2.13. The van der Waals surface area contributed by atoms with Crippen LogP contribution in [0.3, 0.4) is 0 Å². The third kappa shape index (κ3) is 2.57. The fourth-order valence-corrected chi connectivity index (χ4v) is 3.34. The van der Waals surface area contributed by atoms with Gasteiger partial charge in [0.15, 0.2) is 11.5 Å². The van der Waals surface area contributed by atoms with Crippen molar-refractivity contribution in [2.75, 3.05) is 6.79 Å². The molecule has 3 heteroatoms. The average molecular weight is 294 g/mol. The summed E-state index contributed by atoms with van der Waals surface area (Å²) < 4.78 is 10.8. The van der Waals surface area contributed by atoms with Crippen molar-refractivity contribution in [1.29, 1.82) is 0 Å². The highest BCUT2D eigenvalue weighted by molar-refractivity contribution is 7.98. The Morgan fingerprint density at radius 3 is 2.62 bits per heavy atom. The van der Waals surface area contributed by atoms with Gasteiger partial charge in [0.25, 0.3) is 0 Å². The van der Waals surface area contributed by atoms with Gasteiger partial charge in [0.1, 0.15) is 0 Å². The van der Waals surface area contributed by atoms with Gasteiger partial charge in [0, 0.05) is 10.6 Å². The smallest absolute Gasteiger partial charge is 0.231 e. The second-order valence-electron chi connectivity index (χ2n) is 4.99. The molecule has 0 radical (unpaired) electrons. The molecule has 0 atom stereocenters. The van der Waals surface area contributed by atoms with Crippen LogP contribution in [-0.2, 0) is 5.75 Å². The summed E-state index contributed by atoms with van der Waals surface area (Å²) in [5.74, 6) is 2.62. The van der Waals surface area contributed by atoms with Gasteiger partial charge in [-0.05, 0) is 40.6 Å². The van der Waals surface area contributed by atoms with Gasteiger partial charge in [-0.25, -0.2) is 0 Å². The second kappa shape index (κ2) is 5.34. The molecule has 3 aromatic rings. The molecule has 2 nitrogen and oxygen atoms in total. The zero-order chi connectivity index (χ0) is 14.1. The highest BCUT2D eigenvalue weighted by Gasteiger charge is 2.13. The molecular weight excluding hydrogens is 280 g/mol. The molecule has 0 bridgehead atoms. The van der Waals surface area contributed by atoms with Crippen molar-refractivity contribution in [2.24, 2.45) is 0 Å². The van der Waals surface area contributed by atoms with E-state index in [0.29, 0.717) is 6.79 Å². The molecule has 21 heavy (non-hydrogen) atoms. The van der Waals surface area contributed by atoms with E-state index in [4.69, 9.17) is 9.47 Å². The first kappa shape index (κ1) is 12.6. The van der Waals surface area contributed by atoms with E-state index >= 15 is 0 Å². The van der Waals surface area contributed by atoms with E-state index in [9.17, 15) is 0 Å². The SMILES string of the molecule is c1ccc2cc(SCc3ccc4c(c3)OCO4)ccc2c1. The number of benzene rings is 3. The van der Waals surface area contributed by atoms with E-state index in [-0.39, 0.29) is 0 Å². The van der Waals surface area contributed by atoms with Crippen molar-refractivity contribution in [3.63, 3.8) is 0 Å². The van der Waals surface area contributed by atoms with E-state index < -0.39 is 0 Å². The van der Waals surface area contributed by atoms with Crippen LogP contribution in [0, 0.1) is 0 Å². The molecule has 0 saturated heterocycles. The number of fused-ring (bicyclic) bond motifs is 2. The molecule has 0 spiro atoms. The highest BCUT2D eigenvalue weighted by atomic mass is 32.2. The van der Waals surface area contributed by atoms with E-state index in [2.05, 4.69) is 54.6 Å². The number of hydrogen-bond acceptors (Lipinski definition) is 3. The molecule has 0 aromatic heterocycles. The van der Waals surface area contributed by atoms with Gasteiger partial charge >= 0.3 is 0 Å².